The van der Waals surface area contributed by atoms with Crippen LogP contribution in [0.25, 0.3) is 0 Å². The summed E-state index contributed by atoms with van der Waals surface area (Å²) in [6, 6.07) is 0. The maximum Gasteiger partial charge on any atom is -0.0262 e. The molecule has 0 N–H and O–H groups in total. The number of rotatable bonds is 13. The highest BCUT2D eigenvalue weighted by Gasteiger charge is 2.12. The quantitative estimate of drug-likeness (QED) is 0.0980. The Hall–Kier alpha value is -2.08. The molecule has 0 spiro atoms. The van der Waals surface area contributed by atoms with E-state index >= 15 is 0 Å². The minimum atomic E-state index is 0.833. The number of unbranched alkanes of at least 4 members (excludes halogenated alkanes) is 6. The molecule has 4 fully saturated rings. The molecular formula is C83H166. The van der Waals surface area contributed by atoms with Crippen molar-refractivity contribution in [3.63, 3.8) is 0 Å². The van der Waals surface area contributed by atoms with E-state index in [4.69, 9.17) is 0 Å². The summed E-state index contributed by atoms with van der Waals surface area (Å²) in [6.07, 6.45) is 81.2. The molecule has 6 rings (SSSR count). The highest BCUT2D eigenvalue weighted by atomic mass is 14.2. The number of allylic oxidation sites excluding steroid dienone is 14. The summed E-state index contributed by atoms with van der Waals surface area (Å²) in [6.45, 7) is 55.2. The van der Waals surface area contributed by atoms with Gasteiger partial charge in [0.05, 0.1) is 0 Å². The van der Waals surface area contributed by atoms with Crippen molar-refractivity contribution < 1.29 is 0 Å². The van der Waals surface area contributed by atoms with E-state index in [0.717, 1.165) is 60.2 Å². The van der Waals surface area contributed by atoms with Crippen molar-refractivity contribution in [3.05, 3.63) is 98.2 Å². The maximum atomic E-state index is 3.55. The van der Waals surface area contributed by atoms with Crippen molar-refractivity contribution in [2.75, 3.05) is 0 Å². The van der Waals surface area contributed by atoms with E-state index in [-0.39, 0.29) is 0 Å². The highest BCUT2D eigenvalue weighted by Crippen LogP contribution is 2.27. The summed E-state index contributed by atoms with van der Waals surface area (Å²) in [5.74, 6) is 7.79. The van der Waals surface area contributed by atoms with Gasteiger partial charge in [0.25, 0.3) is 0 Å². The maximum absolute atomic E-state index is 3.55. The molecule has 0 aromatic rings. The molecule has 0 bridgehead atoms. The van der Waals surface area contributed by atoms with Gasteiger partial charge in [-0.25, -0.2) is 0 Å². The fraction of sp³-hybridized carbons (Fsp3) is 0.807. The average Bonchev–Trinajstić information content (AvgIpc) is 4.23. The first-order valence-corrected chi connectivity index (χ1v) is 36.9. The van der Waals surface area contributed by atoms with Crippen LogP contribution in [0.15, 0.2) is 98.2 Å². The lowest BCUT2D eigenvalue weighted by molar-refractivity contribution is 0.349. The van der Waals surface area contributed by atoms with Gasteiger partial charge in [-0.1, -0.05) is 402 Å². The van der Waals surface area contributed by atoms with Gasteiger partial charge in [-0.15, -0.1) is 6.58 Å². The summed E-state index contributed by atoms with van der Waals surface area (Å²) >= 11 is 0. The van der Waals surface area contributed by atoms with Gasteiger partial charge < -0.3 is 0 Å². The van der Waals surface area contributed by atoms with Crippen molar-refractivity contribution >= 4 is 0 Å². The van der Waals surface area contributed by atoms with Crippen LogP contribution in [-0.2, 0) is 0 Å². The molecule has 498 valence electrons. The second kappa shape index (κ2) is 93.6. The van der Waals surface area contributed by atoms with Crippen LogP contribution < -0.4 is 0 Å². The predicted molar refractivity (Wildman–Crippen MR) is 399 cm³/mol. The Balaban J connectivity index is -0.000000122. The molecule has 2 unspecified atom stereocenters. The normalized spacial score (nSPS) is 18.0. The fourth-order valence-electron chi connectivity index (χ4n) is 9.03. The Labute approximate surface area is 532 Å². The van der Waals surface area contributed by atoms with Gasteiger partial charge in [-0.05, 0) is 126 Å². The Kier molecular flexibility index (Phi) is 110. The van der Waals surface area contributed by atoms with Crippen LogP contribution in [0.2, 0.25) is 0 Å². The molecule has 0 radical (unpaired) electrons. The Morgan fingerprint density at radius 3 is 0.952 bits per heavy atom. The molecule has 0 heterocycles. The smallest absolute Gasteiger partial charge is 0.0262 e. The second-order valence-electron chi connectivity index (χ2n) is 25.8. The van der Waals surface area contributed by atoms with Crippen LogP contribution in [0.5, 0.6) is 0 Å². The van der Waals surface area contributed by atoms with Crippen molar-refractivity contribution in [1.82, 2.24) is 0 Å². The molecule has 0 aliphatic heterocycles. The number of hydrogen-bond donors (Lipinski definition) is 0. The standard InChI is InChI=1S/C8H16.C7H14.2C7H12.C7H14.C6H12.C6H14.C6H10.2C5H12.2C5H10.C5H8.C4H10/c1-2-8-6-4-3-5-7-8;3*1-7-5-3-2-4-6-7;1-2-7-5-3-4-6-7;1-6-4-2-3-5-6;2*1-3-5-6-4-2;1-4-5(2)3;4*1-3-5-4-2;1-4(2)3/h8H,2-7H2,1H3;7H,2-6H2,1H3;3,5,7H,2,4,6H2,1H3;2-3,7H,4-6H2,1H3;7H,2-6H2,1H3;6H,2-5H2,1H3;3-6H2,1-2H3;3-6H,1-2H3;5H,4H2,1-3H3;3-5H2,1-2H3;3,5H,4H2,1-2H3;3H,1,4-5H2,2H3;3-5H,1H2,2H3;4H,1-3H3/b;;;;;;;5-3+,6-4+;;;5-3+;;5-4+;. The number of hydrogen-bond acceptors (Lipinski definition) is 0. The molecule has 83 heavy (non-hydrogen) atoms. The SMILES string of the molecule is C/C=C/C=C/C.C/C=C/CC.C=C/C=C/C.C=CCCC.CC(C)C.CC1C=CCCC1.CC1CC=CCC1.CC1CCCC1.CC1CCCCC1.CCC(C)C.CCC1CCCC1.CCC1CCCCC1.CCCCC.CCCCCC. The Morgan fingerprint density at radius 1 is 0.422 bits per heavy atom. The third kappa shape index (κ3) is 119. The van der Waals surface area contributed by atoms with Gasteiger partial charge >= 0.3 is 0 Å². The zero-order valence-corrected chi connectivity index (χ0v) is 62.3. The van der Waals surface area contributed by atoms with Crippen LogP contribution in [0.3, 0.4) is 0 Å². The zero-order valence-electron chi connectivity index (χ0n) is 62.3. The summed E-state index contributed by atoms with van der Waals surface area (Å²) < 4.78 is 0. The molecule has 6 aliphatic carbocycles. The monoisotopic (exact) mass is 1160 g/mol. The van der Waals surface area contributed by atoms with Crippen LogP contribution in [-0.4, -0.2) is 0 Å². The molecule has 0 saturated heterocycles. The van der Waals surface area contributed by atoms with E-state index < -0.39 is 0 Å². The lowest BCUT2D eigenvalue weighted by atomic mass is 9.88. The average molecular weight is 1160 g/mol. The van der Waals surface area contributed by atoms with E-state index in [9.17, 15) is 0 Å². The predicted octanol–water partition coefficient (Wildman–Crippen LogP) is 31.4. The lowest BCUT2D eigenvalue weighted by Crippen LogP contribution is -2.03. The first-order valence-electron chi connectivity index (χ1n) is 36.9. The topological polar surface area (TPSA) is 0 Å². The summed E-state index contributed by atoms with van der Waals surface area (Å²) in [4.78, 5) is 0. The van der Waals surface area contributed by atoms with Gasteiger partial charge in [-0.3, -0.25) is 0 Å². The van der Waals surface area contributed by atoms with Crippen molar-refractivity contribution in [2.24, 2.45) is 47.3 Å². The van der Waals surface area contributed by atoms with Crippen LogP contribution >= 0.6 is 0 Å². The highest BCUT2D eigenvalue weighted by molar-refractivity contribution is 4.99. The van der Waals surface area contributed by atoms with Gasteiger partial charge in [0, 0.05) is 0 Å². The molecule has 0 heteroatoms. The van der Waals surface area contributed by atoms with Gasteiger partial charge in [0.15, 0.2) is 0 Å². The van der Waals surface area contributed by atoms with Crippen LogP contribution in [0.4, 0.5) is 0 Å². The molecule has 0 aromatic heterocycles. The fourth-order valence-corrected chi connectivity index (χ4v) is 9.03. The third-order valence-corrected chi connectivity index (χ3v) is 15.2. The molecule has 0 aromatic carbocycles. The van der Waals surface area contributed by atoms with Crippen LogP contribution in [0, 0.1) is 47.3 Å². The molecular weight excluding hydrogens is 997 g/mol. The largest absolute Gasteiger partial charge is 0.103 e. The summed E-state index contributed by atoms with van der Waals surface area (Å²) in [5, 5.41) is 0. The molecule has 4 saturated carbocycles. The summed E-state index contributed by atoms with van der Waals surface area (Å²) in [7, 11) is 0. The van der Waals surface area contributed by atoms with Gasteiger partial charge in [0.2, 0.25) is 0 Å². The first-order chi connectivity index (χ1) is 39.9. The second-order valence-corrected chi connectivity index (χ2v) is 25.8. The molecule has 0 amide bonds. The van der Waals surface area contributed by atoms with E-state index in [1.165, 1.54) is 225 Å². The molecule has 0 nitrogen and oxygen atoms in total. The van der Waals surface area contributed by atoms with E-state index in [1.807, 2.05) is 70.2 Å². The van der Waals surface area contributed by atoms with Crippen molar-refractivity contribution in [3.8, 4) is 0 Å². The zero-order chi connectivity index (χ0) is 64.7. The molecule has 2 atom stereocenters. The Bertz CT molecular complexity index is 1210. The van der Waals surface area contributed by atoms with E-state index in [1.54, 1.807) is 6.08 Å². The van der Waals surface area contributed by atoms with Crippen LogP contribution in [0.1, 0.15) is 390 Å². The van der Waals surface area contributed by atoms with Gasteiger partial charge in [0.1, 0.15) is 0 Å². The molecule has 6 aliphatic rings. The van der Waals surface area contributed by atoms with Gasteiger partial charge in [-0.2, -0.15) is 0 Å². The first kappa shape index (κ1) is 97.2. The third-order valence-electron chi connectivity index (χ3n) is 15.2. The minimum absolute atomic E-state index is 0.833. The van der Waals surface area contributed by atoms with Crippen molar-refractivity contribution in [2.45, 2.75) is 390 Å². The van der Waals surface area contributed by atoms with Crippen molar-refractivity contribution in [1.29, 1.82) is 0 Å². The van der Waals surface area contributed by atoms with E-state index in [2.05, 4.69) is 174 Å². The minimum Gasteiger partial charge on any atom is -0.103 e. The summed E-state index contributed by atoms with van der Waals surface area (Å²) in [5.41, 5.74) is 0. The Morgan fingerprint density at radius 2 is 0.819 bits per heavy atom. The van der Waals surface area contributed by atoms with E-state index in [0.29, 0.717) is 0 Å². The lowest BCUT2D eigenvalue weighted by Gasteiger charge is -2.18.